The molecule has 1 saturated heterocycles. The number of anilines is 1. The van der Waals surface area contributed by atoms with E-state index >= 15 is 0 Å². The number of nitrogens with one attached hydrogen (secondary N) is 2. The lowest BCUT2D eigenvalue weighted by atomic mass is 10.1. The number of hydrogen-bond donors (Lipinski definition) is 2. The molecule has 0 saturated carbocycles. The van der Waals surface area contributed by atoms with Gasteiger partial charge in [0.2, 0.25) is 0 Å². The van der Waals surface area contributed by atoms with Crippen LogP contribution in [0.15, 0.2) is 24.3 Å². The third-order valence-corrected chi connectivity index (χ3v) is 3.57. The Bertz CT molecular complexity index is 345. The van der Waals surface area contributed by atoms with Gasteiger partial charge in [0.05, 0.1) is 0 Å². The zero-order valence-corrected chi connectivity index (χ0v) is 10.9. The van der Waals surface area contributed by atoms with Crippen molar-refractivity contribution in [2.24, 2.45) is 0 Å². The Labute approximate surface area is 104 Å². The number of hydrogen-bond acceptors (Lipinski definition) is 3. The van der Waals surface area contributed by atoms with Crippen LogP contribution in [0, 0.1) is 0 Å². The summed E-state index contributed by atoms with van der Waals surface area (Å²) in [7, 11) is 4.01. The van der Waals surface area contributed by atoms with Gasteiger partial charge in [-0.15, -0.1) is 0 Å². The zero-order valence-electron chi connectivity index (χ0n) is 10.9. The molecule has 3 heteroatoms. The third-order valence-electron chi connectivity index (χ3n) is 3.57. The first-order valence-electron chi connectivity index (χ1n) is 6.51. The molecule has 1 aromatic carbocycles. The molecular formula is C14H23N3. The lowest BCUT2D eigenvalue weighted by molar-refractivity contribution is 0.299. The molecule has 0 aliphatic carbocycles. The summed E-state index contributed by atoms with van der Waals surface area (Å²) >= 11 is 0. The van der Waals surface area contributed by atoms with E-state index in [2.05, 4.69) is 39.8 Å². The highest BCUT2D eigenvalue weighted by Crippen LogP contribution is 2.20. The minimum absolute atomic E-state index is 0.432. The summed E-state index contributed by atoms with van der Waals surface area (Å²) in [5, 5.41) is 6.63. The van der Waals surface area contributed by atoms with Crippen LogP contribution in [0.4, 0.5) is 5.69 Å². The summed E-state index contributed by atoms with van der Waals surface area (Å²) in [6.07, 6.45) is 2.71. The molecule has 2 rings (SSSR count). The summed E-state index contributed by atoms with van der Waals surface area (Å²) < 4.78 is 0. The van der Waals surface area contributed by atoms with Crippen LogP contribution in [0.5, 0.6) is 0 Å². The zero-order chi connectivity index (χ0) is 12.1. The van der Waals surface area contributed by atoms with Gasteiger partial charge in [0.1, 0.15) is 0 Å². The lowest BCUT2D eigenvalue weighted by Gasteiger charge is -2.23. The highest BCUT2D eigenvalue weighted by Gasteiger charge is 2.17. The van der Waals surface area contributed by atoms with Crippen LogP contribution < -0.4 is 10.6 Å². The molecule has 94 valence electrons. The number of likely N-dealkylation sites (tertiary alicyclic amines) is 1. The van der Waals surface area contributed by atoms with Crippen LogP contribution in [0.1, 0.15) is 24.4 Å². The average molecular weight is 233 g/mol. The fourth-order valence-corrected chi connectivity index (χ4v) is 2.50. The van der Waals surface area contributed by atoms with Crippen LogP contribution >= 0.6 is 0 Å². The van der Waals surface area contributed by atoms with Gasteiger partial charge in [-0.25, -0.2) is 0 Å². The van der Waals surface area contributed by atoms with Gasteiger partial charge in [-0.2, -0.15) is 0 Å². The molecule has 3 nitrogen and oxygen atoms in total. The van der Waals surface area contributed by atoms with Gasteiger partial charge < -0.3 is 15.5 Å². The Hall–Kier alpha value is -1.06. The quantitative estimate of drug-likeness (QED) is 0.815. The molecule has 1 aliphatic heterocycles. The molecule has 0 radical (unpaired) electrons. The van der Waals surface area contributed by atoms with E-state index in [1.54, 1.807) is 0 Å². The average Bonchev–Trinajstić information content (AvgIpc) is 2.89. The first-order chi connectivity index (χ1) is 8.33. The van der Waals surface area contributed by atoms with Crippen LogP contribution in [-0.4, -0.2) is 38.6 Å². The van der Waals surface area contributed by atoms with Crippen LogP contribution in [0.25, 0.3) is 0 Å². The Morgan fingerprint density at radius 3 is 2.65 bits per heavy atom. The minimum atomic E-state index is 0.432. The van der Waals surface area contributed by atoms with Crippen molar-refractivity contribution in [3.8, 4) is 0 Å². The maximum absolute atomic E-state index is 3.43. The Morgan fingerprint density at radius 2 is 2.00 bits per heavy atom. The molecule has 0 spiro atoms. The Morgan fingerprint density at radius 1 is 1.24 bits per heavy atom. The number of likely N-dealkylation sites (N-methyl/N-ethyl adjacent to an activating group) is 1. The second-order valence-electron chi connectivity index (χ2n) is 4.72. The molecule has 0 bridgehead atoms. The van der Waals surface area contributed by atoms with Gasteiger partial charge in [0.25, 0.3) is 0 Å². The van der Waals surface area contributed by atoms with E-state index in [1.165, 1.54) is 37.2 Å². The largest absolute Gasteiger partial charge is 0.388 e. The summed E-state index contributed by atoms with van der Waals surface area (Å²) in [5.74, 6) is 0. The van der Waals surface area contributed by atoms with Gasteiger partial charge in [-0.05, 0) is 50.7 Å². The van der Waals surface area contributed by atoms with Crippen LogP contribution in [0.2, 0.25) is 0 Å². The van der Waals surface area contributed by atoms with Gasteiger partial charge in [0, 0.05) is 25.3 Å². The van der Waals surface area contributed by atoms with Gasteiger partial charge >= 0.3 is 0 Å². The first kappa shape index (κ1) is 12.4. The van der Waals surface area contributed by atoms with Crippen molar-refractivity contribution in [2.75, 3.05) is 39.0 Å². The van der Waals surface area contributed by atoms with E-state index in [4.69, 9.17) is 0 Å². The molecule has 1 unspecified atom stereocenters. The van der Waals surface area contributed by atoms with Crippen molar-refractivity contribution < 1.29 is 0 Å². The van der Waals surface area contributed by atoms with E-state index in [0.717, 1.165) is 6.54 Å². The predicted octanol–water partition coefficient (Wildman–Crippen LogP) is 2.08. The Balaban J connectivity index is 2.04. The molecule has 1 atom stereocenters. The van der Waals surface area contributed by atoms with Crippen molar-refractivity contribution in [3.05, 3.63) is 29.8 Å². The molecule has 0 aromatic heterocycles. The van der Waals surface area contributed by atoms with E-state index in [0.29, 0.717) is 6.04 Å². The van der Waals surface area contributed by atoms with E-state index in [1.807, 2.05) is 14.1 Å². The highest BCUT2D eigenvalue weighted by molar-refractivity contribution is 5.45. The lowest BCUT2D eigenvalue weighted by Crippen LogP contribution is -2.31. The van der Waals surface area contributed by atoms with E-state index < -0.39 is 0 Å². The summed E-state index contributed by atoms with van der Waals surface area (Å²) in [6.45, 7) is 3.62. The second-order valence-corrected chi connectivity index (χ2v) is 4.72. The molecule has 0 amide bonds. The summed E-state index contributed by atoms with van der Waals surface area (Å²) in [5.41, 5.74) is 2.55. The molecule has 1 aromatic rings. The molecular weight excluding hydrogens is 210 g/mol. The van der Waals surface area contributed by atoms with Gasteiger partial charge in [-0.1, -0.05) is 12.1 Å². The van der Waals surface area contributed by atoms with Gasteiger partial charge in [0.15, 0.2) is 0 Å². The fourth-order valence-electron chi connectivity index (χ4n) is 2.50. The number of nitrogens with zero attached hydrogens (tertiary/aromatic N) is 1. The number of rotatable bonds is 5. The summed E-state index contributed by atoms with van der Waals surface area (Å²) in [4.78, 5) is 2.55. The van der Waals surface area contributed by atoms with Crippen molar-refractivity contribution in [1.82, 2.24) is 10.2 Å². The van der Waals surface area contributed by atoms with E-state index in [9.17, 15) is 0 Å². The minimum Gasteiger partial charge on any atom is -0.388 e. The topological polar surface area (TPSA) is 27.3 Å². The SMILES string of the molecule is CNc1cccc(C(CN2CCCC2)NC)c1. The molecule has 17 heavy (non-hydrogen) atoms. The Kier molecular flexibility index (Phi) is 4.40. The van der Waals surface area contributed by atoms with Gasteiger partial charge in [-0.3, -0.25) is 0 Å². The van der Waals surface area contributed by atoms with Crippen molar-refractivity contribution in [3.63, 3.8) is 0 Å². The molecule has 1 aliphatic rings. The smallest absolute Gasteiger partial charge is 0.0447 e. The van der Waals surface area contributed by atoms with Crippen LogP contribution in [-0.2, 0) is 0 Å². The second kappa shape index (κ2) is 6.03. The number of benzene rings is 1. The normalized spacial score (nSPS) is 18.2. The van der Waals surface area contributed by atoms with E-state index in [-0.39, 0.29) is 0 Å². The third kappa shape index (κ3) is 3.20. The molecule has 1 heterocycles. The fraction of sp³-hybridized carbons (Fsp3) is 0.571. The van der Waals surface area contributed by atoms with Crippen molar-refractivity contribution in [2.45, 2.75) is 18.9 Å². The highest BCUT2D eigenvalue weighted by atomic mass is 15.2. The standard InChI is InChI=1S/C14H23N3/c1-15-13-7-5-6-12(10-13)14(16-2)11-17-8-3-4-9-17/h5-7,10,14-16H,3-4,8-9,11H2,1-2H3. The maximum Gasteiger partial charge on any atom is 0.0447 e. The van der Waals surface area contributed by atoms with Crippen molar-refractivity contribution >= 4 is 5.69 Å². The predicted molar refractivity (Wildman–Crippen MR) is 73.5 cm³/mol. The van der Waals surface area contributed by atoms with Crippen LogP contribution in [0.3, 0.4) is 0 Å². The first-order valence-corrected chi connectivity index (χ1v) is 6.51. The van der Waals surface area contributed by atoms with Crippen molar-refractivity contribution in [1.29, 1.82) is 0 Å². The molecule has 1 fully saturated rings. The molecule has 2 N–H and O–H groups in total. The monoisotopic (exact) mass is 233 g/mol. The maximum atomic E-state index is 3.43. The summed E-state index contributed by atoms with van der Waals surface area (Å²) in [6, 6.07) is 9.10.